The molecule has 0 aliphatic rings. The maximum absolute atomic E-state index is 2.47. The van der Waals surface area contributed by atoms with Crippen LogP contribution >= 0.6 is 0 Å². The summed E-state index contributed by atoms with van der Waals surface area (Å²) >= 11 is 0. The molecule has 0 spiro atoms. The molecule has 0 aromatic rings. The van der Waals surface area contributed by atoms with Gasteiger partial charge in [0.1, 0.15) is 0 Å². The second-order valence-corrected chi connectivity index (χ2v) is 7.73. The van der Waals surface area contributed by atoms with Gasteiger partial charge in [-0.1, -0.05) is 75.7 Å². The van der Waals surface area contributed by atoms with Crippen molar-refractivity contribution in [1.82, 2.24) is 0 Å². The van der Waals surface area contributed by atoms with Crippen LogP contribution < -0.4 is 0 Å². The Labute approximate surface area is 117 Å². The van der Waals surface area contributed by atoms with Gasteiger partial charge in [-0.3, -0.25) is 0 Å². The Morgan fingerprint density at radius 2 is 1.17 bits per heavy atom. The highest BCUT2D eigenvalue weighted by molar-refractivity contribution is 4.85. The molecule has 0 aromatic carbocycles. The van der Waals surface area contributed by atoms with E-state index in [-0.39, 0.29) is 0 Å². The average molecular weight is 255 g/mol. The van der Waals surface area contributed by atoms with E-state index in [4.69, 9.17) is 0 Å². The first-order chi connectivity index (χ1) is 8.07. The van der Waals surface area contributed by atoms with Gasteiger partial charge in [0.2, 0.25) is 0 Å². The zero-order valence-electron chi connectivity index (χ0n) is 14.7. The Morgan fingerprint density at radius 3 is 1.50 bits per heavy atom. The van der Waals surface area contributed by atoms with Gasteiger partial charge in [0.25, 0.3) is 0 Å². The summed E-state index contributed by atoms with van der Waals surface area (Å²) in [6.07, 6.45) is 1.31. The predicted octanol–water partition coefficient (Wildman–Crippen LogP) is 6.26. The van der Waals surface area contributed by atoms with Crippen molar-refractivity contribution in [3.8, 4) is 0 Å². The molecular weight excluding hydrogens is 216 g/mol. The third-order valence-electron chi connectivity index (χ3n) is 6.65. The molecule has 0 saturated carbocycles. The van der Waals surface area contributed by atoms with Crippen molar-refractivity contribution in [2.45, 2.75) is 75.7 Å². The number of rotatable bonds is 7. The summed E-state index contributed by atoms with van der Waals surface area (Å²) in [6.45, 7) is 24.2. The molecule has 0 N–H and O–H groups in total. The lowest BCUT2D eigenvalue weighted by molar-refractivity contribution is 0.0566. The lowest BCUT2D eigenvalue weighted by atomic mass is 9.62. The molecule has 0 amide bonds. The van der Waals surface area contributed by atoms with Crippen molar-refractivity contribution in [3.05, 3.63) is 0 Å². The monoisotopic (exact) mass is 254 g/mol. The minimum atomic E-state index is 0.433. The van der Waals surface area contributed by atoms with E-state index in [1.54, 1.807) is 0 Å². The molecule has 0 saturated heterocycles. The summed E-state index contributed by atoms with van der Waals surface area (Å²) in [5.74, 6) is 4.81. The summed E-state index contributed by atoms with van der Waals surface area (Å²) in [6, 6.07) is 0. The molecule has 0 heteroatoms. The van der Waals surface area contributed by atoms with Gasteiger partial charge in [-0.05, 0) is 40.9 Å². The molecule has 0 nitrogen and oxygen atoms in total. The summed E-state index contributed by atoms with van der Waals surface area (Å²) in [4.78, 5) is 0. The third-order valence-corrected chi connectivity index (χ3v) is 6.65. The van der Waals surface area contributed by atoms with Crippen LogP contribution in [0.3, 0.4) is 0 Å². The molecule has 110 valence electrons. The first kappa shape index (κ1) is 18.0. The van der Waals surface area contributed by atoms with Crippen LogP contribution in [0.5, 0.6) is 0 Å². The quantitative estimate of drug-likeness (QED) is 0.503. The van der Waals surface area contributed by atoms with Crippen LogP contribution in [0.15, 0.2) is 0 Å². The van der Waals surface area contributed by atoms with E-state index in [9.17, 15) is 0 Å². The third kappa shape index (κ3) is 4.00. The van der Waals surface area contributed by atoms with E-state index in [2.05, 4.69) is 69.2 Å². The van der Waals surface area contributed by atoms with Crippen molar-refractivity contribution in [3.63, 3.8) is 0 Å². The normalized spacial score (nSPS) is 21.5. The van der Waals surface area contributed by atoms with E-state index in [1.807, 2.05) is 0 Å². The summed E-state index contributed by atoms with van der Waals surface area (Å²) in [7, 11) is 0. The SMILES string of the molecule is CCC(C)C(C)C(C)C(C)C(C)C(C)(C)C(C)C. The average Bonchev–Trinajstić information content (AvgIpc) is 2.33. The highest BCUT2D eigenvalue weighted by Gasteiger charge is 2.36. The smallest absolute Gasteiger partial charge is 0.0303 e. The Balaban J connectivity index is 4.78. The Hall–Kier alpha value is 0. The molecule has 0 radical (unpaired) electrons. The lowest BCUT2D eigenvalue weighted by Gasteiger charge is -2.43. The molecule has 18 heavy (non-hydrogen) atoms. The van der Waals surface area contributed by atoms with Gasteiger partial charge >= 0.3 is 0 Å². The lowest BCUT2D eigenvalue weighted by Crippen LogP contribution is -2.36. The van der Waals surface area contributed by atoms with Gasteiger partial charge in [-0.2, -0.15) is 0 Å². The van der Waals surface area contributed by atoms with Gasteiger partial charge in [-0.25, -0.2) is 0 Å². The predicted molar refractivity (Wildman–Crippen MR) is 84.7 cm³/mol. The maximum Gasteiger partial charge on any atom is -0.0303 e. The first-order valence-electron chi connectivity index (χ1n) is 8.07. The van der Waals surface area contributed by atoms with Gasteiger partial charge in [-0.15, -0.1) is 0 Å². The van der Waals surface area contributed by atoms with Crippen molar-refractivity contribution in [2.75, 3.05) is 0 Å². The Kier molecular flexibility index (Phi) is 6.96. The van der Waals surface area contributed by atoms with Crippen LogP contribution in [0.4, 0.5) is 0 Å². The molecule has 0 heterocycles. The van der Waals surface area contributed by atoms with Crippen LogP contribution in [0.1, 0.15) is 75.7 Å². The van der Waals surface area contributed by atoms with Gasteiger partial charge in [0, 0.05) is 0 Å². The number of hydrogen-bond donors (Lipinski definition) is 0. The van der Waals surface area contributed by atoms with Crippen molar-refractivity contribution < 1.29 is 0 Å². The topological polar surface area (TPSA) is 0 Å². The molecular formula is C18H38. The zero-order chi connectivity index (χ0) is 14.7. The fourth-order valence-corrected chi connectivity index (χ4v) is 3.03. The second-order valence-electron chi connectivity index (χ2n) is 7.73. The Bertz CT molecular complexity index is 226. The van der Waals surface area contributed by atoms with Gasteiger partial charge in [0.15, 0.2) is 0 Å². The summed E-state index contributed by atoms with van der Waals surface area (Å²) < 4.78 is 0. The first-order valence-corrected chi connectivity index (χ1v) is 8.07. The van der Waals surface area contributed by atoms with Gasteiger partial charge < -0.3 is 0 Å². The highest BCUT2D eigenvalue weighted by Crippen LogP contribution is 2.43. The number of hydrogen-bond acceptors (Lipinski definition) is 0. The van der Waals surface area contributed by atoms with Crippen LogP contribution in [0.2, 0.25) is 0 Å². The van der Waals surface area contributed by atoms with Crippen LogP contribution in [0.25, 0.3) is 0 Å². The maximum atomic E-state index is 2.47. The molecule has 0 bridgehead atoms. The van der Waals surface area contributed by atoms with E-state index >= 15 is 0 Å². The van der Waals surface area contributed by atoms with Gasteiger partial charge in [0.05, 0.1) is 0 Å². The minimum absolute atomic E-state index is 0.433. The fraction of sp³-hybridized carbons (Fsp3) is 1.00. The standard InChI is InChI=1S/C18H38/c1-11-13(4)14(5)15(6)16(7)17(8)18(9,10)12(2)3/h12-17H,11H2,1-10H3. The van der Waals surface area contributed by atoms with Crippen LogP contribution in [0, 0.1) is 40.9 Å². The van der Waals surface area contributed by atoms with Crippen LogP contribution in [-0.2, 0) is 0 Å². The van der Waals surface area contributed by atoms with E-state index in [0.717, 1.165) is 35.5 Å². The zero-order valence-corrected chi connectivity index (χ0v) is 14.7. The fourth-order valence-electron chi connectivity index (χ4n) is 3.03. The molecule has 0 rings (SSSR count). The molecule has 0 aromatic heterocycles. The van der Waals surface area contributed by atoms with E-state index < -0.39 is 0 Å². The van der Waals surface area contributed by atoms with Crippen LogP contribution in [-0.4, -0.2) is 0 Å². The molecule has 5 atom stereocenters. The summed E-state index contributed by atoms with van der Waals surface area (Å²) in [5, 5.41) is 0. The van der Waals surface area contributed by atoms with Crippen molar-refractivity contribution in [2.24, 2.45) is 40.9 Å². The molecule has 0 fully saturated rings. The summed E-state index contributed by atoms with van der Waals surface area (Å²) in [5.41, 5.74) is 0.433. The molecule has 0 aliphatic heterocycles. The highest BCUT2D eigenvalue weighted by atomic mass is 14.4. The van der Waals surface area contributed by atoms with Crippen molar-refractivity contribution in [1.29, 1.82) is 0 Å². The molecule has 0 aliphatic carbocycles. The molecule has 5 unspecified atom stereocenters. The van der Waals surface area contributed by atoms with Crippen molar-refractivity contribution >= 4 is 0 Å². The minimum Gasteiger partial charge on any atom is -0.0651 e. The largest absolute Gasteiger partial charge is 0.0651 e. The second kappa shape index (κ2) is 6.96. The Morgan fingerprint density at radius 1 is 0.722 bits per heavy atom. The van der Waals surface area contributed by atoms with E-state index in [0.29, 0.717) is 5.41 Å². The van der Waals surface area contributed by atoms with E-state index in [1.165, 1.54) is 6.42 Å².